The molecule has 2 N–H and O–H groups in total. The van der Waals surface area contributed by atoms with E-state index in [0.29, 0.717) is 5.11 Å². The first-order valence-electron chi connectivity index (χ1n) is 7.22. The normalized spacial score (nSPS) is 12.0. The first-order valence-corrected chi connectivity index (χ1v) is 7.63. The molecule has 0 saturated heterocycles. The van der Waals surface area contributed by atoms with E-state index >= 15 is 0 Å². The van der Waals surface area contributed by atoms with E-state index in [1.54, 1.807) is 0 Å². The predicted molar refractivity (Wildman–Crippen MR) is 90.1 cm³/mol. The Morgan fingerprint density at radius 1 is 1.33 bits per heavy atom. The van der Waals surface area contributed by atoms with E-state index in [-0.39, 0.29) is 6.04 Å². The molecule has 0 radical (unpaired) electrons. The predicted octanol–water partition coefficient (Wildman–Crippen LogP) is 2.94. The highest BCUT2D eigenvalue weighted by atomic mass is 32.1. The van der Waals surface area contributed by atoms with E-state index in [2.05, 4.69) is 47.9 Å². The zero-order valence-electron chi connectivity index (χ0n) is 12.8. The highest BCUT2D eigenvalue weighted by Gasteiger charge is 2.13. The van der Waals surface area contributed by atoms with Crippen LogP contribution in [0.15, 0.2) is 36.5 Å². The lowest BCUT2D eigenvalue weighted by Gasteiger charge is -2.16. The summed E-state index contributed by atoms with van der Waals surface area (Å²) < 4.78 is 1.95. The van der Waals surface area contributed by atoms with Crippen LogP contribution in [0.5, 0.6) is 0 Å². The molecular weight excluding hydrogens is 280 g/mol. The number of nitrogens with zero attached hydrogens (tertiary/aromatic N) is 2. The zero-order valence-corrected chi connectivity index (χ0v) is 13.6. The molecule has 2 aromatic rings. The second-order valence-corrected chi connectivity index (χ2v) is 5.47. The molecule has 1 aromatic heterocycles. The molecule has 21 heavy (non-hydrogen) atoms. The summed E-state index contributed by atoms with van der Waals surface area (Å²) in [5, 5.41) is 11.7. The van der Waals surface area contributed by atoms with Gasteiger partial charge in [-0.15, -0.1) is 0 Å². The number of rotatable bonds is 5. The Balaban J connectivity index is 1.88. The van der Waals surface area contributed by atoms with E-state index in [9.17, 15) is 0 Å². The fourth-order valence-electron chi connectivity index (χ4n) is 2.22. The first-order chi connectivity index (χ1) is 10.1. The van der Waals surface area contributed by atoms with Gasteiger partial charge in [0.15, 0.2) is 5.11 Å². The molecular formula is C16H22N4S. The van der Waals surface area contributed by atoms with Crippen molar-refractivity contribution in [3.8, 4) is 0 Å². The number of aryl methyl sites for hydroxylation is 2. The van der Waals surface area contributed by atoms with Crippen LogP contribution < -0.4 is 10.6 Å². The van der Waals surface area contributed by atoms with Gasteiger partial charge in [0.05, 0.1) is 11.7 Å². The van der Waals surface area contributed by atoms with Crippen molar-refractivity contribution in [1.29, 1.82) is 0 Å². The van der Waals surface area contributed by atoms with Crippen LogP contribution in [0.1, 0.15) is 36.7 Å². The van der Waals surface area contributed by atoms with Crippen LogP contribution in [0.4, 0.5) is 0 Å². The van der Waals surface area contributed by atoms with Gasteiger partial charge in [0, 0.05) is 24.8 Å². The number of benzene rings is 1. The van der Waals surface area contributed by atoms with Gasteiger partial charge in [0.1, 0.15) is 0 Å². The van der Waals surface area contributed by atoms with Crippen molar-refractivity contribution in [1.82, 2.24) is 20.4 Å². The van der Waals surface area contributed by atoms with Gasteiger partial charge in [-0.2, -0.15) is 5.10 Å². The quantitative estimate of drug-likeness (QED) is 0.833. The van der Waals surface area contributed by atoms with Gasteiger partial charge < -0.3 is 10.6 Å². The number of hydrogen-bond acceptors (Lipinski definition) is 2. The zero-order chi connectivity index (χ0) is 15.2. The molecule has 0 bridgehead atoms. The third kappa shape index (κ3) is 4.29. The molecule has 1 heterocycles. The summed E-state index contributed by atoms with van der Waals surface area (Å²) in [7, 11) is 0. The molecule has 0 aliphatic carbocycles. The maximum absolute atomic E-state index is 5.36. The van der Waals surface area contributed by atoms with Crippen LogP contribution in [-0.4, -0.2) is 14.9 Å². The summed E-state index contributed by atoms with van der Waals surface area (Å²) in [6, 6.07) is 10.4. The number of hydrogen-bond donors (Lipinski definition) is 2. The van der Waals surface area contributed by atoms with Crippen molar-refractivity contribution in [3.05, 3.63) is 53.3 Å². The van der Waals surface area contributed by atoms with Gasteiger partial charge in [0.2, 0.25) is 0 Å². The second-order valence-electron chi connectivity index (χ2n) is 5.06. The van der Waals surface area contributed by atoms with Crippen LogP contribution in [-0.2, 0) is 13.1 Å². The minimum atomic E-state index is 0.140. The molecule has 0 fully saturated rings. The topological polar surface area (TPSA) is 41.9 Å². The lowest BCUT2D eigenvalue weighted by molar-refractivity contribution is 0.651. The largest absolute Gasteiger partial charge is 0.359 e. The third-order valence-corrected chi connectivity index (χ3v) is 3.68. The molecule has 0 aliphatic heterocycles. The fourth-order valence-corrected chi connectivity index (χ4v) is 2.47. The molecule has 1 unspecified atom stereocenters. The summed E-state index contributed by atoms with van der Waals surface area (Å²) in [6.07, 6.45) is 2.08. The molecule has 0 spiro atoms. The lowest BCUT2D eigenvalue weighted by Crippen LogP contribution is -2.36. The average Bonchev–Trinajstić information content (AvgIpc) is 2.87. The van der Waals surface area contributed by atoms with E-state index in [1.807, 2.05) is 29.8 Å². The Morgan fingerprint density at radius 2 is 2.05 bits per heavy atom. The Kier molecular flexibility index (Phi) is 5.33. The Labute approximate surface area is 131 Å². The number of aromatic nitrogens is 2. The van der Waals surface area contributed by atoms with E-state index in [0.717, 1.165) is 18.8 Å². The lowest BCUT2D eigenvalue weighted by atomic mass is 10.1. The third-order valence-electron chi connectivity index (χ3n) is 3.42. The summed E-state index contributed by atoms with van der Waals surface area (Å²) >= 11 is 5.36. The van der Waals surface area contributed by atoms with E-state index in [1.165, 1.54) is 11.1 Å². The summed E-state index contributed by atoms with van der Waals surface area (Å²) in [5.74, 6) is 0. The SMILES string of the molecule is CCn1cc(C(C)NC(=S)NCc2ccccc2)c(C)n1. The van der Waals surface area contributed by atoms with Gasteiger partial charge in [-0.1, -0.05) is 30.3 Å². The summed E-state index contributed by atoms with van der Waals surface area (Å²) in [5.41, 5.74) is 3.44. The molecule has 5 heteroatoms. The van der Waals surface area contributed by atoms with Crippen LogP contribution >= 0.6 is 12.2 Å². The molecule has 0 saturated carbocycles. The van der Waals surface area contributed by atoms with E-state index < -0.39 is 0 Å². The van der Waals surface area contributed by atoms with E-state index in [4.69, 9.17) is 12.2 Å². The molecule has 1 aromatic carbocycles. The molecule has 4 nitrogen and oxygen atoms in total. The average molecular weight is 302 g/mol. The standard InChI is InChI=1S/C16H22N4S/c1-4-20-11-15(13(3)19-20)12(2)18-16(21)17-10-14-8-6-5-7-9-14/h5-9,11-12H,4,10H2,1-3H3,(H2,17,18,21). The van der Waals surface area contributed by atoms with Gasteiger partial charge >= 0.3 is 0 Å². The van der Waals surface area contributed by atoms with Gasteiger partial charge in [-0.25, -0.2) is 0 Å². The van der Waals surface area contributed by atoms with Crippen molar-refractivity contribution in [2.45, 2.75) is 39.9 Å². The molecule has 0 aliphatic rings. The Hall–Kier alpha value is -1.88. The monoisotopic (exact) mass is 302 g/mol. The number of thiocarbonyl (C=S) groups is 1. The van der Waals surface area contributed by atoms with Crippen molar-refractivity contribution in [2.75, 3.05) is 0 Å². The van der Waals surface area contributed by atoms with Crippen LogP contribution in [0, 0.1) is 6.92 Å². The molecule has 1 atom stereocenters. The molecule has 112 valence electrons. The summed E-state index contributed by atoms with van der Waals surface area (Å²) in [4.78, 5) is 0. The first kappa shape index (κ1) is 15.5. The van der Waals surface area contributed by atoms with Crippen molar-refractivity contribution in [2.24, 2.45) is 0 Å². The van der Waals surface area contributed by atoms with Gasteiger partial charge in [-0.05, 0) is 38.6 Å². The Bertz CT molecular complexity index is 592. The number of nitrogens with one attached hydrogen (secondary N) is 2. The molecule has 2 rings (SSSR count). The highest BCUT2D eigenvalue weighted by Crippen LogP contribution is 2.15. The maximum atomic E-state index is 5.36. The Morgan fingerprint density at radius 3 is 2.67 bits per heavy atom. The van der Waals surface area contributed by atoms with Crippen molar-refractivity contribution >= 4 is 17.3 Å². The smallest absolute Gasteiger partial charge is 0.167 e. The molecule has 0 amide bonds. The van der Waals surface area contributed by atoms with Gasteiger partial charge in [-0.3, -0.25) is 4.68 Å². The minimum Gasteiger partial charge on any atom is -0.359 e. The second kappa shape index (κ2) is 7.22. The van der Waals surface area contributed by atoms with Crippen LogP contribution in [0.3, 0.4) is 0 Å². The van der Waals surface area contributed by atoms with Crippen LogP contribution in [0.2, 0.25) is 0 Å². The van der Waals surface area contributed by atoms with Crippen molar-refractivity contribution < 1.29 is 0 Å². The maximum Gasteiger partial charge on any atom is 0.167 e. The fraction of sp³-hybridized carbons (Fsp3) is 0.375. The highest BCUT2D eigenvalue weighted by molar-refractivity contribution is 7.80. The van der Waals surface area contributed by atoms with Crippen molar-refractivity contribution in [3.63, 3.8) is 0 Å². The minimum absolute atomic E-state index is 0.140. The van der Waals surface area contributed by atoms with Crippen LogP contribution in [0.25, 0.3) is 0 Å². The van der Waals surface area contributed by atoms with Gasteiger partial charge in [0.25, 0.3) is 0 Å². The summed E-state index contributed by atoms with van der Waals surface area (Å²) in [6.45, 7) is 7.82.